The number of likely N-dealkylation sites (tertiary alicyclic amines) is 1. The molecular formula is C32H33F8NO5S. The molecule has 258 valence electrons. The van der Waals surface area contributed by atoms with E-state index in [1.54, 1.807) is 0 Å². The molecule has 1 amide bonds. The summed E-state index contributed by atoms with van der Waals surface area (Å²) in [5.74, 6) is -2.77. The van der Waals surface area contributed by atoms with Gasteiger partial charge in [-0.2, -0.15) is 26.3 Å². The van der Waals surface area contributed by atoms with E-state index >= 15 is 4.39 Å². The van der Waals surface area contributed by atoms with Gasteiger partial charge < -0.3 is 10.0 Å². The number of hydrogen-bond donors (Lipinski definition) is 1. The summed E-state index contributed by atoms with van der Waals surface area (Å²) in [5, 5.41) is 9.51. The maximum atomic E-state index is 15.1. The zero-order valence-electron chi connectivity index (χ0n) is 25.2. The van der Waals surface area contributed by atoms with E-state index in [0.29, 0.717) is 25.0 Å². The third-order valence-electron chi connectivity index (χ3n) is 10.4. The standard InChI is InChI=1S/C32H33F8NO5S/c1-2-13-28(14-11-19(12-15-28)26(42)43)27(44)41-17-16-29(47(45,46)23-7-5-22(33)6-8-23)24-9-4-21(18-20(24)3-10-25(29)41)30(34,31(35,36)37)32(38,39)40/h4-9,18-19,25H,2-3,10-17H2,1H3,(H,42,43)/t19?,25-,28?,29-/m1/s1. The van der Waals surface area contributed by atoms with Gasteiger partial charge in [-0.05, 0) is 86.8 Å². The summed E-state index contributed by atoms with van der Waals surface area (Å²) in [7, 11) is -4.62. The van der Waals surface area contributed by atoms with Crippen LogP contribution < -0.4 is 0 Å². The van der Waals surface area contributed by atoms with Gasteiger partial charge in [0.15, 0.2) is 9.84 Å². The van der Waals surface area contributed by atoms with Gasteiger partial charge in [-0.25, -0.2) is 17.2 Å². The van der Waals surface area contributed by atoms with E-state index in [1.807, 2.05) is 6.92 Å². The highest BCUT2D eigenvalue weighted by Gasteiger charge is 2.74. The average Bonchev–Trinajstić information content (AvgIpc) is 3.41. The van der Waals surface area contributed by atoms with Crippen molar-refractivity contribution in [1.29, 1.82) is 0 Å². The Morgan fingerprint density at radius 1 is 0.915 bits per heavy atom. The van der Waals surface area contributed by atoms with Gasteiger partial charge in [0, 0.05) is 17.5 Å². The molecule has 0 unspecified atom stereocenters. The molecule has 1 heterocycles. The molecule has 0 aromatic heterocycles. The summed E-state index contributed by atoms with van der Waals surface area (Å²) in [6.07, 6.45) is -11.6. The first kappa shape index (κ1) is 35.1. The van der Waals surface area contributed by atoms with E-state index in [-0.39, 0.29) is 73.4 Å². The van der Waals surface area contributed by atoms with Crippen molar-refractivity contribution in [3.05, 3.63) is 65.0 Å². The largest absolute Gasteiger partial charge is 0.481 e. The number of nitrogens with zero attached hydrogens (tertiary/aromatic N) is 1. The number of carboxylic acids is 1. The SMILES string of the molecule is CCCC1(C(=O)N2CC[C@@]3(S(=O)(=O)c4ccc(F)cc4)c4ccc(C(F)(C(F)(F)F)C(F)(F)F)cc4CC[C@@H]23)CCC(C(=O)O)CC1. The summed E-state index contributed by atoms with van der Waals surface area (Å²) in [6.45, 7) is 1.73. The molecule has 2 aromatic carbocycles. The molecule has 2 atom stereocenters. The van der Waals surface area contributed by atoms with E-state index in [1.165, 1.54) is 4.90 Å². The van der Waals surface area contributed by atoms with Crippen LogP contribution in [0.4, 0.5) is 35.1 Å². The minimum Gasteiger partial charge on any atom is -0.481 e. The van der Waals surface area contributed by atoms with E-state index in [2.05, 4.69) is 0 Å². The Bertz CT molecular complexity index is 1630. The van der Waals surface area contributed by atoms with Gasteiger partial charge in [-0.15, -0.1) is 0 Å². The Kier molecular flexibility index (Phi) is 8.75. The predicted molar refractivity (Wildman–Crippen MR) is 152 cm³/mol. The molecule has 1 saturated heterocycles. The molecule has 3 aliphatic rings. The number of aliphatic carboxylic acids is 1. The fourth-order valence-electron chi connectivity index (χ4n) is 8.07. The van der Waals surface area contributed by atoms with Crippen molar-refractivity contribution < 1.29 is 58.2 Å². The fraction of sp³-hybridized carbons (Fsp3) is 0.562. The highest BCUT2D eigenvalue weighted by atomic mass is 32.2. The normalized spacial score (nSPS) is 26.9. The molecule has 0 bridgehead atoms. The van der Waals surface area contributed by atoms with Crippen molar-refractivity contribution in [2.24, 2.45) is 11.3 Å². The highest BCUT2D eigenvalue weighted by molar-refractivity contribution is 7.92. The van der Waals surface area contributed by atoms with Crippen LogP contribution in [0.2, 0.25) is 0 Å². The summed E-state index contributed by atoms with van der Waals surface area (Å²) >= 11 is 0. The highest BCUT2D eigenvalue weighted by Crippen LogP contribution is 2.57. The molecule has 0 spiro atoms. The molecule has 2 aliphatic carbocycles. The van der Waals surface area contributed by atoms with E-state index in [4.69, 9.17) is 0 Å². The zero-order chi connectivity index (χ0) is 34.8. The number of carbonyl (C=O) groups excluding carboxylic acids is 1. The lowest BCUT2D eigenvalue weighted by Crippen LogP contribution is -2.55. The molecule has 1 saturated carbocycles. The number of amides is 1. The predicted octanol–water partition coefficient (Wildman–Crippen LogP) is 7.39. The molecular weight excluding hydrogens is 662 g/mol. The molecule has 1 aliphatic heterocycles. The van der Waals surface area contributed by atoms with Gasteiger partial charge in [-0.3, -0.25) is 9.59 Å². The van der Waals surface area contributed by atoms with Gasteiger partial charge in [0.2, 0.25) is 5.91 Å². The summed E-state index contributed by atoms with van der Waals surface area (Å²) in [5.41, 5.74) is -8.85. The number of hydrogen-bond acceptors (Lipinski definition) is 4. The van der Waals surface area contributed by atoms with E-state index < -0.39 is 67.3 Å². The maximum absolute atomic E-state index is 15.1. The third-order valence-corrected chi connectivity index (χ3v) is 13.0. The minimum absolute atomic E-state index is 0.128. The smallest absolute Gasteiger partial charge is 0.435 e. The van der Waals surface area contributed by atoms with Crippen LogP contribution >= 0.6 is 0 Å². The lowest BCUT2D eigenvalue weighted by Gasteiger charge is -2.46. The van der Waals surface area contributed by atoms with Crippen LogP contribution in [0.15, 0.2) is 47.4 Å². The Hall–Kier alpha value is -3.23. The molecule has 0 radical (unpaired) electrons. The number of sulfone groups is 1. The van der Waals surface area contributed by atoms with Gasteiger partial charge in [0.25, 0.3) is 0 Å². The van der Waals surface area contributed by atoms with E-state index in [9.17, 15) is 53.8 Å². The summed E-state index contributed by atoms with van der Waals surface area (Å²) in [4.78, 5) is 27.1. The quantitative estimate of drug-likeness (QED) is 0.241. The van der Waals surface area contributed by atoms with Crippen LogP contribution in [0.1, 0.15) is 75.0 Å². The summed E-state index contributed by atoms with van der Waals surface area (Å²) in [6, 6.07) is 4.14. The Morgan fingerprint density at radius 2 is 1.51 bits per heavy atom. The van der Waals surface area contributed by atoms with Gasteiger partial charge in [-0.1, -0.05) is 31.5 Å². The van der Waals surface area contributed by atoms with Gasteiger partial charge in [0.1, 0.15) is 10.6 Å². The van der Waals surface area contributed by atoms with Crippen molar-refractivity contribution in [3.63, 3.8) is 0 Å². The number of alkyl halides is 7. The molecule has 6 nitrogen and oxygen atoms in total. The van der Waals surface area contributed by atoms with Gasteiger partial charge >= 0.3 is 24.0 Å². The second kappa shape index (κ2) is 11.7. The van der Waals surface area contributed by atoms with Crippen LogP contribution in [0.3, 0.4) is 0 Å². The van der Waals surface area contributed by atoms with Crippen molar-refractivity contribution in [2.45, 2.75) is 98.4 Å². The second-order valence-corrected chi connectivity index (χ2v) is 15.0. The first-order valence-electron chi connectivity index (χ1n) is 15.3. The number of rotatable bonds is 7. The van der Waals surface area contributed by atoms with E-state index in [0.717, 1.165) is 30.3 Å². The first-order chi connectivity index (χ1) is 21.8. The fourth-order valence-corrected chi connectivity index (χ4v) is 10.4. The van der Waals surface area contributed by atoms with Crippen LogP contribution in [0, 0.1) is 17.2 Å². The van der Waals surface area contributed by atoms with Crippen molar-refractivity contribution in [3.8, 4) is 0 Å². The number of carboxylic acid groups (broad SMARTS) is 1. The lowest BCUT2D eigenvalue weighted by atomic mass is 9.67. The maximum Gasteiger partial charge on any atom is 0.435 e. The second-order valence-electron chi connectivity index (χ2n) is 12.8. The molecule has 47 heavy (non-hydrogen) atoms. The molecule has 5 rings (SSSR count). The zero-order valence-corrected chi connectivity index (χ0v) is 26.0. The monoisotopic (exact) mass is 695 g/mol. The number of benzene rings is 2. The summed E-state index contributed by atoms with van der Waals surface area (Å²) < 4.78 is 138. The molecule has 15 heteroatoms. The number of aryl methyl sites for hydroxylation is 1. The van der Waals surface area contributed by atoms with Gasteiger partial charge in [0.05, 0.1) is 16.9 Å². The van der Waals surface area contributed by atoms with Crippen LogP contribution in [-0.4, -0.2) is 55.2 Å². The Balaban J connectivity index is 1.66. The average molecular weight is 696 g/mol. The van der Waals surface area contributed by atoms with Crippen LogP contribution in [-0.2, 0) is 36.3 Å². The number of halogens is 8. The lowest BCUT2D eigenvalue weighted by molar-refractivity contribution is -0.348. The minimum atomic E-state index is -6.38. The number of fused-ring (bicyclic) bond motifs is 3. The number of carbonyl (C=O) groups is 2. The van der Waals surface area contributed by atoms with Crippen LogP contribution in [0.25, 0.3) is 0 Å². The Labute approximate surface area is 266 Å². The van der Waals surface area contributed by atoms with Crippen molar-refractivity contribution >= 4 is 21.7 Å². The van der Waals surface area contributed by atoms with Crippen molar-refractivity contribution in [1.82, 2.24) is 4.90 Å². The molecule has 1 N–H and O–H groups in total. The molecule has 2 fully saturated rings. The topological polar surface area (TPSA) is 91.8 Å². The first-order valence-corrected chi connectivity index (χ1v) is 16.8. The third kappa shape index (κ3) is 5.30. The molecule has 2 aromatic rings. The van der Waals surface area contributed by atoms with Crippen molar-refractivity contribution in [2.75, 3.05) is 6.54 Å². The van der Waals surface area contributed by atoms with Crippen LogP contribution in [0.5, 0.6) is 0 Å². The Morgan fingerprint density at radius 3 is 2.04 bits per heavy atom.